The van der Waals surface area contributed by atoms with Gasteiger partial charge in [-0.3, -0.25) is 4.72 Å². The first-order valence-corrected chi connectivity index (χ1v) is 8.31. The molecule has 0 radical (unpaired) electrons. The molecule has 5 nitrogen and oxygen atoms in total. The van der Waals surface area contributed by atoms with E-state index in [0.29, 0.717) is 17.3 Å². The zero-order valence-electron chi connectivity index (χ0n) is 10.8. The first kappa shape index (κ1) is 16.7. The second-order valence-corrected chi connectivity index (χ2v) is 7.11. The number of rotatable bonds is 7. The van der Waals surface area contributed by atoms with Gasteiger partial charge in [-0.1, -0.05) is 27.5 Å². The lowest BCUT2D eigenvalue weighted by molar-refractivity contribution is 0.462. The Morgan fingerprint density at radius 3 is 2.74 bits per heavy atom. The molecule has 0 saturated heterocycles. The summed E-state index contributed by atoms with van der Waals surface area (Å²) in [6.07, 6.45) is 0.736. The minimum absolute atomic E-state index is 0.357. The van der Waals surface area contributed by atoms with Gasteiger partial charge in [-0.2, -0.15) is 12.7 Å². The standard InChI is InChI=1S/C11H17BrClN3O2S/c1-14-6-3-7-16(2)19(17,18)15-11-8-9(12)4-5-10(11)13/h4-5,8,14-15H,3,6-7H2,1-2H3. The van der Waals surface area contributed by atoms with Crippen LogP contribution in [0.1, 0.15) is 6.42 Å². The predicted octanol–water partition coefficient (Wildman–Crippen LogP) is 2.30. The van der Waals surface area contributed by atoms with Crippen molar-refractivity contribution in [3.8, 4) is 0 Å². The SMILES string of the molecule is CNCCCN(C)S(=O)(=O)Nc1cc(Br)ccc1Cl. The van der Waals surface area contributed by atoms with Crippen LogP contribution in [0.5, 0.6) is 0 Å². The average Bonchev–Trinajstić information content (AvgIpc) is 2.33. The van der Waals surface area contributed by atoms with Crippen molar-refractivity contribution in [2.24, 2.45) is 0 Å². The Bertz CT molecular complexity index is 525. The van der Waals surface area contributed by atoms with Gasteiger partial charge in [0.2, 0.25) is 0 Å². The van der Waals surface area contributed by atoms with E-state index in [-0.39, 0.29) is 0 Å². The molecule has 0 amide bonds. The largest absolute Gasteiger partial charge is 0.320 e. The van der Waals surface area contributed by atoms with Crippen molar-refractivity contribution < 1.29 is 8.42 Å². The summed E-state index contributed by atoms with van der Waals surface area (Å²) in [5, 5.41) is 3.33. The van der Waals surface area contributed by atoms with Gasteiger partial charge in [0.25, 0.3) is 0 Å². The second-order valence-electron chi connectivity index (χ2n) is 4.01. The van der Waals surface area contributed by atoms with Crippen molar-refractivity contribution in [2.45, 2.75) is 6.42 Å². The van der Waals surface area contributed by atoms with E-state index in [1.54, 1.807) is 18.2 Å². The second kappa shape index (κ2) is 7.44. The number of benzene rings is 1. The van der Waals surface area contributed by atoms with Crippen LogP contribution in [-0.4, -0.2) is 39.9 Å². The van der Waals surface area contributed by atoms with Crippen LogP contribution in [0.3, 0.4) is 0 Å². The van der Waals surface area contributed by atoms with E-state index in [9.17, 15) is 8.42 Å². The molecule has 0 aliphatic heterocycles. The van der Waals surface area contributed by atoms with Crippen molar-refractivity contribution in [1.29, 1.82) is 0 Å². The van der Waals surface area contributed by atoms with Gasteiger partial charge < -0.3 is 5.32 Å². The molecular formula is C11H17BrClN3O2S. The lowest BCUT2D eigenvalue weighted by Gasteiger charge is -2.18. The smallest absolute Gasteiger partial charge is 0.301 e. The molecule has 1 aromatic carbocycles. The molecule has 8 heteroatoms. The summed E-state index contributed by atoms with van der Waals surface area (Å²) in [6.45, 7) is 1.19. The van der Waals surface area contributed by atoms with E-state index in [4.69, 9.17) is 11.6 Å². The van der Waals surface area contributed by atoms with Crippen LogP contribution in [0.15, 0.2) is 22.7 Å². The Kier molecular flexibility index (Phi) is 6.55. The molecule has 0 fully saturated rings. The first-order chi connectivity index (χ1) is 8.86. The van der Waals surface area contributed by atoms with Crippen molar-refractivity contribution in [3.05, 3.63) is 27.7 Å². The lowest BCUT2D eigenvalue weighted by Crippen LogP contribution is -2.34. The van der Waals surface area contributed by atoms with Crippen LogP contribution in [0.2, 0.25) is 5.02 Å². The summed E-state index contributed by atoms with van der Waals surface area (Å²) in [5.41, 5.74) is 0.358. The Labute approximate surface area is 127 Å². The number of hydrogen-bond donors (Lipinski definition) is 2. The number of halogens is 2. The zero-order chi connectivity index (χ0) is 14.5. The summed E-state index contributed by atoms with van der Waals surface area (Å²) >= 11 is 9.23. The summed E-state index contributed by atoms with van der Waals surface area (Å²) in [4.78, 5) is 0. The maximum Gasteiger partial charge on any atom is 0.301 e. The summed E-state index contributed by atoms with van der Waals surface area (Å²) < 4.78 is 28.6. The molecule has 108 valence electrons. The molecule has 0 aliphatic rings. The molecule has 19 heavy (non-hydrogen) atoms. The van der Waals surface area contributed by atoms with Gasteiger partial charge in [-0.25, -0.2) is 0 Å². The van der Waals surface area contributed by atoms with Crippen molar-refractivity contribution in [1.82, 2.24) is 9.62 Å². The highest BCUT2D eigenvalue weighted by Gasteiger charge is 2.18. The highest BCUT2D eigenvalue weighted by molar-refractivity contribution is 9.10. The molecule has 1 rings (SSSR count). The molecule has 0 spiro atoms. The van der Waals surface area contributed by atoms with Gasteiger partial charge >= 0.3 is 10.2 Å². The fourth-order valence-corrected chi connectivity index (χ4v) is 2.95. The monoisotopic (exact) mass is 369 g/mol. The van der Waals surface area contributed by atoms with E-state index in [2.05, 4.69) is 26.0 Å². The summed E-state index contributed by atoms with van der Waals surface area (Å²) in [6, 6.07) is 5.00. The third-order valence-electron chi connectivity index (χ3n) is 2.48. The Morgan fingerprint density at radius 2 is 2.11 bits per heavy atom. The van der Waals surface area contributed by atoms with E-state index >= 15 is 0 Å². The van der Waals surface area contributed by atoms with E-state index in [1.807, 2.05) is 7.05 Å². The molecule has 0 saturated carbocycles. The molecule has 0 bridgehead atoms. The molecule has 0 unspecified atom stereocenters. The highest BCUT2D eigenvalue weighted by Crippen LogP contribution is 2.26. The van der Waals surface area contributed by atoms with Crippen LogP contribution in [0.25, 0.3) is 0 Å². The fourth-order valence-electron chi connectivity index (χ4n) is 1.39. The van der Waals surface area contributed by atoms with Gasteiger partial charge in [-0.05, 0) is 38.2 Å². The first-order valence-electron chi connectivity index (χ1n) is 5.70. The van der Waals surface area contributed by atoms with Crippen molar-refractivity contribution in [2.75, 3.05) is 31.9 Å². The van der Waals surface area contributed by atoms with Gasteiger partial charge in [0.1, 0.15) is 0 Å². The van der Waals surface area contributed by atoms with Crippen LogP contribution in [-0.2, 0) is 10.2 Å². The van der Waals surface area contributed by atoms with Gasteiger partial charge in [-0.15, -0.1) is 0 Å². The maximum absolute atomic E-state index is 12.1. The van der Waals surface area contributed by atoms with Crippen LogP contribution >= 0.6 is 27.5 Å². The fraction of sp³-hybridized carbons (Fsp3) is 0.455. The molecule has 0 aromatic heterocycles. The third-order valence-corrected chi connectivity index (χ3v) is 4.78. The zero-order valence-corrected chi connectivity index (χ0v) is 13.9. The van der Waals surface area contributed by atoms with Crippen molar-refractivity contribution in [3.63, 3.8) is 0 Å². The molecule has 0 atom stereocenters. The summed E-state index contributed by atoms with van der Waals surface area (Å²) in [5.74, 6) is 0. The minimum atomic E-state index is -3.58. The number of nitrogens with one attached hydrogen (secondary N) is 2. The molecule has 1 aromatic rings. The normalized spacial score (nSPS) is 11.8. The quantitative estimate of drug-likeness (QED) is 0.724. The predicted molar refractivity (Wildman–Crippen MR) is 82.9 cm³/mol. The molecule has 2 N–H and O–H groups in total. The average molecular weight is 371 g/mol. The van der Waals surface area contributed by atoms with Gasteiger partial charge in [0.15, 0.2) is 0 Å². The van der Waals surface area contributed by atoms with Gasteiger partial charge in [0.05, 0.1) is 10.7 Å². The number of nitrogens with zero attached hydrogens (tertiary/aromatic N) is 1. The maximum atomic E-state index is 12.1. The van der Waals surface area contributed by atoms with E-state index < -0.39 is 10.2 Å². The Balaban J connectivity index is 2.75. The van der Waals surface area contributed by atoms with E-state index in [0.717, 1.165) is 17.4 Å². The molecule has 0 heterocycles. The van der Waals surface area contributed by atoms with E-state index in [1.165, 1.54) is 11.4 Å². The minimum Gasteiger partial charge on any atom is -0.320 e. The summed E-state index contributed by atoms with van der Waals surface area (Å²) in [7, 11) is -0.224. The van der Waals surface area contributed by atoms with Gasteiger partial charge in [0, 0.05) is 18.1 Å². The Morgan fingerprint density at radius 1 is 1.42 bits per heavy atom. The third kappa shape index (κ3) is 5.27. The molecular weight excluding hydrogens is 354 g/mol. The number of hydrogen-bond acceptors (Lipinski definition) is 3. The lowest BCUT2D eigenvalue weighted by atomic mass is 10.3. The topological polar surface area (TPSA) is 61.4 Å². The van der Waals surface area contributed by atoms with Crippen LogP contribution in [0, 0.1) is 0 Å². The van der Waals surface area contributed by atoms with Crippen molar-refractivity contribution >= 4 is 43.4 Å². The highest BCUT2D eigenvalue weighted by atomic mass is 79.9. The number of anilines is 1. The Hall–Kier alpha value is -0.340. The molecule has 0 aliphatic carbocycles. The van der Waals surface area contributed by atoms with Crippen LogP contribution < -0.4 is 10.0 Å². The van der Waals surface area contributed by atoms with Crippen LogP contribution in [0.4, 0.5) is 5.69 Å².